The van der Waals surface area contributed by atoms with E-state index in [2.05, 4.69) is 32.9 Å². The molecule has 22 heavy (non-hydrogen) atoms. The van der Waals surface area contributed by atoms with Gasteiger partial charge in [0.15, 0.2) is 0 Å². The Balaban J connectivity index is 2.45. The van der Waals surface area contributed by atoms with Gasteiger partial charge in [-0.15, -0.1) is 0 Å². The van der Waals surface area contributed by atoms with Crippen LogP contribution in [0.25, 0.3) is 0 Å². The first-order valence-electron chi connectivity index (χ1n) is 7.89. The molecule has 1 aromatic carbocycles. The molecule has 0 atom stereocenters. The summed E-state index contributed by atoms with van der Waals surface area (Å²) in [7, 11) is 0. The molecule has 0 amide bonds. The molecule has 0 saturated carbocycles. The van der Waals surface area contributed by atoms with Crippen molar-refractivity contribution in [1.82, 2.24) is 4.90 Å². The topological polar surface area (TPSA) is 49.8 Å². The maximum absolute atomic E-state index is 10.8. The summed E-state index contributed by atoms with van der Waals surface area (Å²) in [4.78, 5) is 12.8. The summed E-state index contributed by atoms with van der Waals surface area (Å²) in [6.45, 7) is 12.0. The van der Waals surface area contributed by atoms with Crippen LogP contribution in [0.1, 0.15) is 46.6 Å². The van der Waals surface area contributed by atoms with Crippen molar-refractivity contribution in [3.05, 3.63) is 29.8 Å². The monoisotopic (exact) mass is 307 g/mol. The van der Waals surface area contributed by atoms with Crippen LogP contribution in [-0.2, 0) is 10.2 Å². The van der Waals surface area contributed by atoms with Gasteiger partial charge >= 0.3 is 5.97 Å². The van der Waals surface area contributed by atoms with Crippen molar-refractivity contribution >= 4 is 5.97 Å². The summed E-state index contributed by atoms with van der Waals surface area (Å²) in [5.74, 6) is 0.0919. The first kappa shape index (κ1) is 18.5. The van der Waals surface area contributed by atoms with Gasteiger partial charge in [0.1, 0.15) is 5.75 Å². The molecule has 0 spiro atoms. The van der Waals surface area contributed by atoms with Crippen molar-refractivity contribution in [1.29, 1.82) is 0 Å². The zero-order chi connectivity index (χ0) is 16.8. The second kappa shape index (κ2) is 8.18. The molecule has 0 bridgehead atoms. The molecular weight excluding hydrogens is 278 g/mol. The zero-order valence-electron chi connectivity index (χ0n) is 14.4. The molecular formula is C18H29NO3. The molecule has 4 nitrogen and oxygen atoms in total. The molecule has 124 valence electrons. The maximum atomic E-state index is 10.8. The third-order valence-electron chi connectivity index (χ3n) is 3.63. The van der Waals surface area contributed by atoms with Gasteiger partial charge in [-0.2, -0.15) is 0 Å². The quantitative estimate of drug-likeness (QED) is 0.746. The lowest BCUT2D eigenvalue weighted by Gasteiger charge is -2.24. The van der Waals surface area contributed by atoms with E-state index in [0.29, 0.717) is 6.61 Å². The number of carbonyl (C=O) groups is 1. The van der Waals surface area contributed by atoms with Crippen molar-refractivity contribution in [3.63, 3.8) is 0 Å². The van der Waals surface area contributed by atoms with Crippen LogP contribution in [0.5, 0.6) is 5.75 Å². The van der Waals surface area contributed by atoms with E-state index in [1.54, 1.807) is 0 Å². The van der Waals surface area contributed by atoms with E-state index >= 15 is 0 Å². The van der Waals surface area contributed by atoms with Crippen molar-refractivity contribution in [2.24, 2.45) is 0 Å². The van der Waals surface area contributed by atoms with Crippen LogP contribution in [0.15, 0.2) is 24.3 Å². The van der Waals surface area contributed by atoms with Gasteiger partial charge in [-0.3, -0.25) is 9.69 Å². The minimum absolute atomic E-state index is 0.0805. The number of benzene rings is 1. The highest BCUT2D eigenvalue weighted by Crippen LogP contribution is 2.25. The molecule has 0 aliphatic rings. The normalized spacial score (nSPS) is 12.0. The predicted molar refractivity (Wildman–Crippen MR) is 89.6 cm³/mol. The summed E-state index contributed by atoms with van der Waals surface area (Å²) in [5.41, 5.74) is 1.36. The van der Waals surface area contributed by atoms with Crippen molar-refractivity contribution in [2.75, 3.05) is 19.7 Å². The summed E-state index contributed by atoms with van der Waals surface area (Å²) in [6.07, 6.45) is 0.811. The third kappa shape index (κ3) is 6.48. The first-order chi connectivity index (χ1) is 10.2. The highest BCUT2D eigenvalue weighted by molar-refractivity contribution is 5.69. The molecule has 0 aliphatic heterocycles. The summed E-state index contributed by atoms with van der Waals surface area (Å²) in [5, 5.41) is 8.90. The molecule has 1 rings (SSSR count). The van der Waals surface area contributed by atoms with E-state index < -0.39 is 5.97 Å². The number of ether oxygens (including phenoxy) is 1. The Kier molecular flexibility index (Phi) is 6.88. The van der Waals surface area contributed by atoms with Crippen LogP contribution in [0.2, 0.25) is 0 Å². The smallest absolute Gasteiger partial charge is 0.317 e. The minimum atomic E-state index is -0.785. The second-order valence-corrected chi connectivity index (χ2v) is 6.94. The van der Waals surface area contributed by atoms with Gasteiger partial charge in [-0.25, -0.2) is 0 Å². The molecule has 1 aromatic rings. The van der Waals surface area contributed by atoms with E-state index in [1.807, 2.05) is 30.9 Å². The van der Waals surface area contributed by atoms with Crippen LogP contribution in [0.3, 0.4) is 0 Å². The predicted octanol–water partition coefficient (Wildman–Crippen LogP) is 3.55. The molecule has 0 heterocycles. The molecule has 0 aromatic heterocycles. The lowest BCUT2D eigenvalue weighted by atomic mass is 9.87. The molecule has 0 radical (unpaired) electrons. The number of hydrogen-bond acceptors (Lipinski definition) is 3. The van der Waals surface area contributed by atoms with Gasteiger partial charge in [0, 0.05) is 12.6 Å². The zero-order valence-corrected chi connectivity index (χ0v) is 14.4. The van der Waals surface area contributed by atoms with Crippen molar-refractivity contribution in [2.45, 2.75) is 52.5 Å². The highest BCUT2D eigenvalue weighted by atomic mass is 16.5. The fraction of sp³-hybridized carbons (Fsp3) is 0.611. The van der Waals surface area contributed by atoms with E-state index in [1.165, 1.54) is 5.56 Å². The Bertz CT molecular complexity index is 477. The van der Waals surface area contributed by atoms with Gasteiger partial charge in [0.2, 0.25) is 0 Å². The highest BCUT2D eigenvalue weighted by Gasteiger charge is 2.14. The molecule has 0 saturated heterocycles. The summed E-state index contributed by atoms with van der Waals surface area (Å²) >= 11 is 0. The van der Waals surface area contributed by atoms with Gasteiger partial charge in [-0.05, 0) is 43.4 Å². The van der Waals surface area contributed by atoms with Crippen molar-refractivity contribution < 1.29 is 14.6 Å². The fourth-order valence-corrected chi connectivity index (χ4v) is 2.20. The molecule has 4 heteroatoms. The van der Waals surface area contributed by atoms with E-state index in [4.69, 9.17) is 9.84 Å². The summed E-state index contributed by atoms with van der Waals surface area (Å²) < 4.78 is 5.80. The largest absolute Gasteiger partial charge is 0.494 e. The number of nitrogens with zero attached hydrogens (tertiary/aromatic N) is 1. The number of carboxylic acids is 1. The van der Waals surface area contributed by atoms with Gasteiger partial charge in [0.25, 0.3) is 0 Å². The Hall–Kier alpha value is -1.55. The number of hydrogen-bond donors (Lipinski definition) is 1. The SMILES string of the molecule is CC(C)N(CCCOc1cccc(C(C)(C)C)c1)CC(=O)O. The van der Waals surface area contributed by atoms with Gasteiger partial charge < -0.3 is 9.84 Å². The molecule has 0 unspecified atom stereocenters. The minimum Gasteiger partial charge on any atom is -0.494 e. The van der Waals surface area contributed by atoms with E-state index in [-0.39, 0.29) is 18.0 Å². The van der Waals surface area contributed by atoms with Crippen LogP contribution in [0.4, 0.5) is 0 Å². The van der Waals surface area contributed by atoms with Crippen molar-refractivity contribution in [3.8, 4) is 5.75 Å². The molecule has 0 aliphatic carbocycles. The van der Waals surface area contributed by atoms with E-state index in [0.717, 1.165) is 18.7 Å². The van der Waals surface area contributed by atoms with Crippen LogP contribution < -0.4 is 4.74 Å². The van der Waals surface area contributed by atoms with Crippen LogP contribution in [0, 0.1) is 0 Å². The van der Waals surface area contributed by atoms with Gasteiger partial charge in [-0.1, -0.05) is 32.9 Å². The standard InChI is InChI=1S/C18H29NO3/c1-14(2)19(13-17(20)21)10-7-11-22-16-9-6-8-15(12-16)18(3,4)5/h6,8-9,12,14H,7,10-11,13H2,1-5H3,(H,20,21). The molecule has 1 N–H and O–H groups in total. The Morgan fingerprint density at radius 1 is 1.32 bits per heavy atom. The lowest BCUT2D eigenvalue weighted by molar-refractivity contribution is -0.138. The average Bonchev–Trinajstić information content (AvgIpc) is 2.41. The van der Waals surface area contributed by atoms with Gasteiger partial charge in [0.05, 0.1) is 13.2 Å². The number of aliphatic carboxylic acids is 1. The Morgan fingerprint density at radius 3 is 2.55 bits per heavy atom. The Morgan fingerprint density at radius 2 is 2.00 bits per heavy atom. The second-order valence-electron chi connectivity index (χ2n) is 6.94. The number of carboxylic acid groups (broad SMARTS) is 1. The maximum Gasteiger partial charge on any atom is 0.317 e. The average molecular weight is 307 g/mol. The molecule has 0 fully saturated rings. The van der Waals surface area contributed by atoms with Crippen LogP contribution >= 0.6 is 0 Å². The summed E-state index contributed by atoms with van der Waals surface area (Å²) in [6, 6.07) is 8.39. The van der Waals surface area contributed by atoms with E-state index in [9.17, 15) is 4.79 Å². The van der Waals surface area contributed by atoms with Crippen LogP contribution in [-0.4, -0.2) is 41.7 Å². The fourth-order valence-electron chi connectivity index (χ4n) is 2.20. The third-order valence-corrected chi connectivity index (χ3v) is 3.63. The lowest BCUT2D eigenvalue weighted by Crippen LogP contribution is -2.36. The Labute approximate surface area is 134 Å². The number of rotatable bonds is 8. The first-order valence-corrected chi connectivity index (χ1v) is 7.89.